The van der Waals surface area contributed by atoms with Gasteiger partial charge < -0.3 is 17.7 Å². The van der Waals surface area contributed by atoms with Crippen LogP contribution in [0.3, 0.4) is 0 Å². The number of hydrogen-bond donors (Lipinski definition) is 1. The van der Waals surface area contributed by atoms with Crippen LogP contribution in [0.2, 0.25) is 22.2 Å². The zero-order valence-electron chi connectivity index (χ0n) is 20.9. The monoisotopic (exact) mass is 514 g/mol. The molecule has 0 saturated carbocycles. The summed E-state index contributed by atoms with van der Waals surface area (Å²) < 4.78 is 29.5. The van der Waals surface area contributed by atoms with Crippen LogP contribution in [0.4, 0.5) is 0 Å². The quantitative estimate of drug-likeness (QED) is 0.596. The van der Waals surface area contributed by atoms with Crippen molar-refractivity contribution in [2.24, 2.45) is 0 Å². The summed E-state index contributed by atoms with van der Waals surface area (Å²) >= 11 is 1.76. The minimum atomic E-state index is -2.77. The number of rotatable bonds is 5. The molecule has 0 spiro atoms. The van der Waals surface area contributed by atoms with Crippen LogP contribution >= 0.6 is 11.8 Å². The summed E-state index contributed by atoms with van der Waals surface area (Å²) in [5, 5.41) is -0.0857. The number of ether oxygens (including phenoxy) is 1. The second-order valence-corrected chi connectivity index (χ2v) is 20.9. The summed E-state index contributed by atoms with van der Waals surface area (Å²) in [5.41, 5.74) is -0.584. The Balaban J connectivity index is 1.83. The molecule has 4 atom stereocenters. The maximum absolute atomic E-state index is 12.6. The van der Waals surface area contributed by atoms with E-state index in [1.165, 1.54) is 16.8 Å². The van der Waals surface area contributed by atoms with E-state index >= 15 is 0 Å². The molecular weight excluding hydrogens is 476 g/mol. The fourth-order valence-electron chi connectivity index (χ4n) is 5.67. The van der Waals surface area contributed by atoms with Crippen molar-refractivity contribution in [3.8, 4) is 0 Å². The second-order valence-electron chi connectivity index (χ2n) is 10.9. The maximum Gasteiger partial charge on any atom is 0.335 e. The standard InChI is InChI=1S/C22H38N2O6SSi2/c1-13(2)32(14(3)4)27-11-22-12-31-18(19(22)29-33(30-32,15(5)6)16(7)8)20(28-22)24-10-9-17(25)23-21(24)26/h9-10,13-16,18-20H,11-12H2,1-8H3,(H,23,25,26)/t18-,19-,20+,22-/m0/s1. The van der Waals surface area contributed by atoms with Crippen LogP contribution in [0, 0.1) is 0 Å². The molecule has 8 nitrogen and oxygen atoms in total. The lowest BCUT2D eigenvalue weighted by Gasteiger charge is -2.52. The van der Waals surface area contributed by atoms with Gasteiger partial charge in [-0.05, 0) is 22.2 Å². The number of hydrogen-bond acceptors (Lipinski definition) is 7. The maximum atomic E-state index is 12.6. The lowest BCUT2D eigenvalue weighted by molar-refractivity contribution is -0.121. The van der Waals surface area contributed by atoms with E-state index in [1.807, 2.05) is 0 Å². The number of H-pyrrole nitrogens is 1. The molecule has 0 radical (unpaired) electrons. The van der Waals surface area contributed by atoms with E-state index in [4.69, 9.17) is 17.7 Å². The van der Waals surface area contributed by atoms with Crippen LogP contribution in [0.1, 0.15) is 61.6 Å². The molecule has 0 unspecified atom stereocenters. The molecule has 186 valence electrons. The Morgan fingerprint density at radius 3 is 2.18 bits per heavy atom. The first kappa shape index (κ1) is 25.4. The average molecular weight is 515 g/mol. The van der Waals surface area contributed by atoms with Crippen LogP contribution < -0.4 is 11.2 Å². The van der Waals surface area contributed by atoms with Gasteiger partial charge in [-0.1, -0.05) is 55.4 Å². The molecule has 2 bridgehead atoms. The van der Waals surface area contributed by atoms with Crippen LogP contribution in [0.25, 0.3) is 0 Å². The SMILES string of the molecule is CC(C)[Si]1(C(C)C)OC[C@@]23CS[C@H]([C@H](n4ccc(=O)[nH]c4=O)O2)[C@@H]3O[Si](C(C)C)(C(C)C)O1. The molecule has 0 aliphatic carbocycles. The predicted molar refractivity (Wildman–Crippen MR) is 134 cm³/mol. The van der Waals surface area contributed by atoms with Gasteiger partial charge in [0, 0.05) is 18.0 Å². The van der Waals surface area contributed by atoms with Crippen molar-refractivity contribution >= 4 is 28.9 Å². The van der Waals surface area contributed by atoms with Crippen molar-refractivity contribution in [2.75, 3.05) is 12.4 Å². The van der Waals surface area contributed by atoms with Crippen molar-refractivity contribution in [3.05, 3.63) is 33.1 Å². The highest BCUT2D eigenvalue weighted by atomic mass is 32.2. The molecular formula is C22H38N2O6SSi2. The Hall–Kier alpha value is -0.696. The van der Waals surface area contributed by atoms with Gasteiger partial charge in [0.2, 0.25) is 0 Å². The zero-order chi connectivity index (χ0) is 24.3. The van der Waals surface area contributed by atoms with Crippen LogP contribution in [-0.2, 0) is 17.7 Å². The highest BCUT2D eigenvalue weighted by Crippen LogP contribution is 2.57. The summed E-state index contributed by atoms with van der Waals surface area (Å²) in [6.07, 6.45) is 0.750. The van der Waals surface area contributed by atoms with Gasteiger partial charge in [-0.25, -0.2) is 4.79 Å². The predicted octanol–water partition coefficient (Wildman–Crippen LogP) is 3.88. The molecule has 0 amide bonds. The van der Waals surface area contributed by atoms with Crippen LogP contribution in [-0.4, -0.2) is 56.0 Å². The van der Waals surface area contributed by atoms with Gasteiger partial charge in [-0.3, -0.25) is 14.3 Å². The van der Waals surface area contributed by atoms with Crippen molar-refractivity contribution in [1.29, 1.82) is 0 Å². The molecule has 3 aliphatic rings. The molecule has 1 aromatic rings. The summed E-state index contributed by atoms with van der Waals surface area (Å²) in [6.45, 7) is 18.0. The number of nitrogens with zero attached hydrogens (tertiary/aromatic N) is 1. The fraction of sp³-hybridized carbons (Fsp3) is 0.818. The molecule has 3 aliphatic heterocycles. The highest BCUT2D eigenvalue weighted by molar-refractivity contribution is 8.00. The number of nitrogens with one attached hydrogen (secondary N) is 1. The van der Waals surface area contributed by atoms with E-state index in [0.29, 0.717) is 6.61 Å². The van der Waals surface area contributed by atoms with Gasteiger partial charge in [0.25, 0.3) is 5.56 Å². The first-order chi connectivity index (χ1) is 15.4. The third-order valence-corrected chi connectivity index (χ3v) is 19.2. The van der Waals surface area contributed by atoms with Gasteiger partial charge in [-0.2, -0.15) is 0 Å². The van der Waals surface area contributed by atoms with Crippen molar-refractivity contribution in [2.45, 2.75) is 101 Å². The third-order valence-electron chi connectivity index (χ3n) is 7.49. The van der Waals surface area contributed by atoms with Crippen molar-refractivity contribution < 1.29 is 17.7 Å². The van der Waals surface area contributed by atoms with E-state index in [0.717, 1.165) is 5.75 Å². The topological polar surface area (TPSA) is 91.8 Å². The first-order valence-electron chi connectivity index (χ1n) is 12.0. The van der Waals surface area contributed by atoms with Gasteiger partial charge in [0.1, 0.15) is 5.60 Å². The minimum Gasteiger partial charge on any atom is -0.414 e. The molecule has 0 aromatic carbocycles. The zero-order valence-corrected chi connectivity index (χ0v) is 23.7. The second kappa shape index (κ2) is 8.75. The molecule has 11 heteroatoms. The molecule has 1 N–H and O–H groups in total. The third kappa shape index (κ3) is 3.87. The molecule has 1 aromatic heterocycles. The van der Waals surface area contributed by atoms with Crippen LogP contribution in [0.15, 0.2) is 21.9 Å². The lowest BCUT2D eigenvalue weighted by Crippen LogP contribution is -2.67. The molecule has 3 saturated heterocycles. The van der Waals surface area contributed by atoms with E-state index in [1.54, 1.807) is 11.8 Å². The summed E-state index contributed by atoms with van der Waals surface area (Å²) in [4.78, 5) is 26.6. The average Bonchev–Trinajstić information content (AvgIpc) is 3.18. The van der Waals surface area contributed by atoms with Gasteiger partial charge in [0.15, 0.2) is 6.23 Å². The Kier molecular flexibility index (Phi) is 6.74. The Morgan fingerprint density at radius 1 is 1.03 bits per heavy atom. The number of aromatic amines is 1. The Labute approximate surface area is 202 Å². The van der Waals surface area contributed by atoms with E-state index in [2.05, 4.69) is 60.4 Å². The fourth-order valence-corrected chi connectivity index (χ4v) is 18.7. The molecule has 4 heterocycles. The summed E-state index contributed by atoms with van der Waals surface area (Å²) in [7, 11) is -5.44. The normalized spacial score (nSPS) is 33.0. The molecule has 33 heavy (non-hydrogen) atoms. The van der Waals surface area contributed by atoms with E-state index < -0.39 is 40.2 Å². The minimum absolute atomic E-state index is 0.0857. The Morgan fingerprint density at radius 2 is 1.64 bits per heavy atom. The molecule has 3 fully saturated rings. The number of thioether (sulfide) groups is 1. The number of aromatic nitrogens is 2. The largest absolute Gasteiger partial charge is 0.414 e. The van der Waals surface area contributed by atoms with E-state index in [9.17, 15) is 9.59 Å². The highest BCUT2D eigenvalue weighted by Gasteiger charge is 2.69. The van der Waals surface area contributed by atoms with Gasteiger partial charge in [-0.15, -0.1) is 11.8 Å². The van der Waals surface area contributed by atoms with Gasteiger partial charge >= 0.3 is 22.8 Å². The lowest BCUT2D eigenvalue weighted by atomic mass is 10.0. The van der Waals surface area contributed by atoms with Crippen molar-refractivity contribution in [1.82, 2.24) is 9.55 Å². The summed E-state index contributed by atoms with van der Waals surface area (Å²) in [6, 6.07) is 1.36. The van der Waals surface area contributed by atoms with Crippen molar-refractivity contribution in [3.63, 3.8) is 0 Å². The first-order valence-corrected chi connectivity index (χ1v) is 17.0. The Bertz CT molecular complexity index is 980. The van der Waals surface area contributed by atoms with E-state index in [-0.39, 0.29) is 33.5 Å². The van der Waals surface area contributed by atoms with Crippen LogP contribution in [0.5, 0.6) is 0 Å². The van der Waals surface area contributed by atoms with Gasteiger partial charge in [0.05, 0.1) is 18.0 Å². The summed E-state index contributed by atoms with van der Waals surface area (Å²) in [5.74, 6) is 0.748. The molecule has 4 rings (SSSR count). The smallest absolute Gasteiger partial charge is 0.335 e.